The van der Waals surface area contributed by atoms with Crippen molar-refractivity contribution >= 4 is 12.1 Å². The van der Waals surface area contributed by atoms with Gasteiger partial charge in [0.1, 0.15) is 11.6 Å². The number of amides is 1. The summed E-state index contributed by atoms with van der Waals surface area (Å²) in [4.78, 5) is 24.0. The van der Waals surface area contributed by atoms with E-state index in [1.807, 2.05) is 13.8 Å². The van der Waals surface area contributed by atoms with E-state index >= 15 is 0 Å². The van der Waals surface area contributed by atoms with E-state index in [0.29, 0.717) is 6.42 Å². The van der Waals surface area contributed by atoms with E-state index in [2.05, 4.69) is 0 Å². The summed E-state index contributed by atoms with van der Waals surface area (Å²) in [6.45, 7) is 9.07. The molecule has 1 unspecified atom stereocenters. The Hall–Kier alpha value is -1.26. The number of carbonyl (C=O) groups is 2. The molecule has 0 saturated carbocycles. The first-order chi connectivity index (χ1) is 7.54. The summed E-state index contributed by atoms with van der Waals surface area (Å²) in [5.74, 6) is -0.812. The quantitative estimate of drug-likeness (QED) is 0.825. The molecular weight excluding hydrogens is 222 g/mol. The first kappa shape index (κ1) is 15.7. The minimum atomic E-state index is -1.01. The second-order valence-electron chi connectivity index (χ2n) is 5.57. The number of carboxylic acids is 1. The normalized spacial score (nSPS) is 13.4. The van der Waals surface area contributed by atoms with Crippen LogP contribution in [0.3, 0.4) is 0 Å². The molecule has 0 bridgehead atoms. The molecule has 0 saturated heterocycles. The van der Waals surface area contributed by atoms with E-state index in [1.54, 1.807) is 20.8 Å². The van der Waals surface area contributed by atoms with Crippen LogP contribution in [0.1, 0.15) is 41.0 Å². The van der Waals surface area contributed by atoms with E-state index in [4.69, 9.17) is 9.84 Å². The predicted molar refractivity (Wildman–Crippen MR) is 64.9 cm³/mol. The maximum Gasteiger partial charge on any atom is 0.410 e. The van der Waals surface area contributed by atoms with E-state index in [1.165, 1.54) is 7.05 Å². The summed E-state index contributed by atoms with van der Waals surface area (Å²) in [5, 5.41) is 9.09. The Kier molecular flexibility index (Phi) is 5.45. The highest BCUT2D eigenvalue weighted by Crippen LogP contribution is 2.15. The molecule has 0 aromatic carbocycles. The molecule has 1 atom stereocenters. The molecule has 0 spiro atoms. The third-order valence-corrected chi connectivity index (χ3v) is 2.13. The van der Waals surface area contributed by atoms with Gasteiger partial charge in [0, 0.05) is 7.05 Å². The number of aliphatic carboxylic acids is 1. The zero-order valence-electron chi connectivity index (χ0n) is 11.5. The Morgan fingerprint density at radius 1 is 1.29 bits per heavy atom. The Morgan fingerprint density at radius 2 is 1.76 bits per heavy atom. The minimum absolute atomic E-state index is 0.195. The molecule has 5 heteroatoms. The fraction of sp³-hybridized carbons (Fsp3) is 0.833. The molecule has 17 heavy (non-hydrogen) atoms. The van der Waals surface area contributed by atoms with Gasteiger partial charge in [0.2, 0.25) is 0 Å². The molecular formula is C12H23NO4. The van der Waals surface area contributed by atoms with Gasteiger partial charge in [-0.25, -0.2) is 9.59 Å². The van der Waals surface area contributed by atoms with Gasteiger partial charge in [0.05, 0.1) is 0 Å². The molecule has 1 amide bonds. The van der Waals surface area contributed by atoms with Crippen LogP contribution in [0.4, 0.5) is 4.79 Å². The highest BCUT2D eigenvalue weighted by molar-refractivity contribution is 5.79. The summed E-state index contributed by atoms with van der Waals surface area (Å²) in [7, 11) is 1.45. The van der Waals surface area contributed by atoms with E-state index in [9.17, 15) is 9.59 Å². The summed E-state index contributed by atoms with van der Waals surface area (Å²) in [6.07, 6.45) is -0.198. The first-order valence-electron chi connectivity index (χ1n) is 5.73. The number of carboxylic acid groups (broad SMARTS) is 1. The van der Waals surface area contributed by atoms with Crippen molar-refractivity contribution in [2.24, 2.45) is 5.92 Å². The second kappa shape index (κ2) is 5.89. The van der Waals surface area contributed by atoms with Crippen molar-refractivity contribution in [3.8, 4) is 0 Å². The van der Waals surface area contributed by atoms with E-state index < -0.39 is 23.7 Å². The largest absolute Gasteiger partial charge is 0.480 e. The minimum Gasteiger partial charge on any atom is -0.480 e. The topological polar surface area (TPSA) is 66.8 Å². The van der Waals surface area contributed by atoms with Gasteiger partial charge in [0.15, 0.2) is 0 Å². The van der Waals surface area contributed by atoms with Crippen LogP contribution >= 0.6 is 0 Å². The lowest BCUT2D eigenvalue weighted by Gasteiger charge is -2.29. The monoisotopic (exact) mass is 245 g/mol. The fourth-order valence-corrected chi connectivity index (χ4v) is 1.33. The Bertz CT molecular complexity index is 281. The van der Waals surface area contributed by atoms with Crippen LogP contribution in [0.2, 0.25) is 0 Å². The number of carbonyl (C=O) groups excluding carboxylic acids is 1. The summed E-state index contributed by atoms with van der Waals surface area (Å²) < 4.78 is 5.14. The zero-order chi connectivity index (χ0) is 13.8. The Labute approximate surface area is 103 Å². The van der Waals surface area contributed by atoms with Crippen molar-refractivity contribution < 1.29 is 19.4 Å². The van der Waals surface area contributed by atoms with Crippen LogP contribution in [-0.4, -0.2) is 40.8 Å². The Balaban J connectivity index is 4.67. The number of nitrogens with zero attached hydrogens (tertiary/aromatic N) is 1. The average molecular weight is 245 g/mol. The third-order valence-electron chi connectivity index (χ3n) is 2.13. The average Bonchev–Trinajstić information content (AvgIpc) is 2.09. The van der Waals surface area contributed by atoms with E-state index in [0.717, 1.165) is 4.90 Å². The molecule has 0 aliphatic carbocycles. The van der Waals surface area contributed by atoms with E-state index in [-0.39, 0.29) is 5.92 Å². The van der Waals surface area contributed by atoms with Crippen LogP contribution in [0.25, 0.3) is 0 Å². The first-order valence-corrected chi connectivity index (χ1v) is 5.73. The number of hydrogen-bond acceptors (Lipinski definition) is 3. The number of ether oxygens (including phenoxy) is 1. The maximum atomic E-state index is 11.7. The van der Waals surface area contributed by atoms with Crippen molar-refractivity contribution in [3.05, 3.63) is 0 Å². The molecule has 0 aromatic heterocycles. The molecule has 0 rings (SSSR count). The molecule has 0 aliphatic heterocycles. The van der Waals surface area contributed by atoms with Gasteiger partial charge in [-0.2, -0.15) is 0 Å². The summed E-state index contributed by atoms with van der Waals surface area (Å²) >= 11 is 0. The van der Waals surface area contributed by atoms with Gasteiger partial charge < -0.3 is 9.84 Å². The molecule has 0 fully saturated rings. The highest BCUT2D eigenvalue weighted by atomic mass is 16.6. The lowest BCUT2D eigenvalue weighted by atomic mass is 10.0. The van der Waals surface area contributed by atoms with Crippen LogP contribution in [-0.2, 0) is 9.53 Å². The molecule has 0 aliphatic rings. The van der Waals surface area contributed by atoms with Crippen molar-refractivity contribution in [3.63, 3.8) is 0 Å². The molecule has 0 heterocycles. The van der Waals surface area contributed by atoms with Gasteiger partial charge in [-0.15, -0.1) is 0 Å². The number of hydrogen-bond donors (Lipinski definition) is 1. The standard InChI is InChI=1S/C12H23NO4/c1-8(2)7-9(10(14)15)13(6)11(16)17-12(3,4)5/h8-9H,7H2,1-6H3,(H,14,15). The van der Waals surface area contributed by atoms with Gasteiger partial charge in [0.25, 0.3) is 0 Å². The SMILES string of the molecule is CC(C)CC(C(=O)O)N(C)C(=O)OC(C)(C)C. The molecule has 100 valence electrons. The summed E-state index contributed by atoms with van der Waals surface area (Å²) in [6, 6.07) is -0.843. The smallest absolute Gasteiger partial charge is 0.410 e. The number of likely N-dealkylation sites (N-methyl/N-ethyl adjacent to an activating group) is 1. The van der Waals surface area contributed by atoms with Gasteiger partial charge in [-0.1, -0.05) is 13.8 Å². The van der Waals surface area contributed by atoms with Crippen molar-refractivity contribution in [2.75, 3.05) is 7.05 Å². The number of rotatable bonds is 4. The third kappa shape index (κ3) is 6.14. The Morgan fingerprint density at radius 3 is 2.06 bits per heavy atom. The van der Waals surface area contributed by atoms with Crippen molar-refractivity contribution in [2.45, 2.75) is 52.7 Å². The maximum absolute atomic E-state index is 11.7. The van der Waals surface area contributed by atoms with Crippen LogP contribution in [0, 0.1) is 5.92 Å². The zero-order valence-corrected chi connectivity index (χ0v) is 11.5. The molecule has 5 nitrogen and oxygen atoms in total. The van der Waals surface area contributed by atoms with Crippen LogP contribution in [0.15, 0.2) is 0 Å². The van der Waals surface area contributed by atoms with Crippen molar-refractivity contribution in [1.82, 2.24) is 4.90 Å². The fourth-order valence-electron chi connectivity index (χ4n) is 1.33. The lowest BCUT2D eigenvalue weighted by Crippen LogP contribution is -2.45. The van der Waals surface area contributed by atoms with Crippen LogP contribution < -0.4 is 0 Å². The van der Waals surface area contributed by atoms with Crippen molar-refractivity contribution in [1.29, 1.82) is 0 Å². The van der Waals surface area contributed by atoms with Gasteiger partial charge in [-0.05, 0) is 33.1 Å². The highest BCUT2D eigenvalue weighted by Gasteiger charge is 2.30. The summed E-state index contributed by atoms with van der Waals surface area (Å²) in [5.41, 5.74) is -0.619. The lowest BCUT2D eigenvalue weighted by molar-refractivity contribution is -0.143. The van der Waals surface area contributed by atoms with Crippen LogP contribution in [0.5, 0.6) is 0 Å². The predicted octanol–water partition coefficient (Wildman–Crippen LogP) is 2.35. The molecule has 0 aromatic rings. The van der Waals surface area contributed by atoms with Gasteiger partial charge >= 0.3 is 12.1 Å². The second-order valence-corrected chi connectivity index (χ2v) is 5.57. The molecule has 1 N–H and O–H groups in total. The van der Waals surface area contributed by atoms with Gasteiger partial charge in [-0.3, -0.25) is 4.90 Å². The molecule has 0 radical (unpaired) electrons.